The molecule has 1 aliphatic heterocycles. The Balaban J connectivity index is 2.71. The molecule has 1 aliphatic rings. The van der Waals surface area contributed by atoms with Crippen LogP contribution in [0.3, 0.4) is 0 Å². The number of rotatable bonds is 3. The second-order valence-corrected chi connectivity index (χ2v) is 5.48. The summed E-state index contributed by atoms with van der Waals surface area (Å²) in [6.45, 7) is 9.93. The van der Waals surface area contributed by atoms with Gasteiger partial charge in [-0.1, -0.05) is 20.8 Å². The molecule has 1 rings (SSSR count). The number of hydrogen-bond donors (Lipinski definition) is 1. The van der Waals surface area contributed by atoms with Crippen molar-refractivity contribution in [1.29, 1.82) is 0 Å². The molecular weight excluding hydrogens is 200 g/mol. The van der Waals surface area contributed by atoms with Crippen molar-refractivity contribution in [2.24, 2.45) is 23.5 Å². The van der Waals surface area contributed by atoms with Crippen molar-refractivity contribution in [2.45, 2.75) is 46.6 Å². The van der Waals surface area contributed by atoms with Crippen LogP contribution in [0.1, 0.15) is 40.5 Å². The molecule has 0 saturated carbocycles. The van der Waals surface area contributed by atoms with Crippen LogP contribution in [0.25, 0.3) is 0 Å². The number of nitrogens with zero attached hydrogens (tertiary/aromatic N) is 1. The number of nitrogens with two attached hydrogens (primary N) is 1. The van der Waals surface area contributed by atoms with E-state index in [1.807, 2.05) is 4.90 Å². The number of amides is 1. The molecule has 0 aromatic carbocycles. The average Bonchev–Trinajstić information content (AvgIpc) is 2.22. The second kappa shape index (κ2) is 5.67. The molecule has 0 aromatic rings. The Morgan fingerprint density at radius 1 is 1.44 bits per heavy atom. The first kappa shape index (κ1) is 13.5. The van der Waals surface area contributed by atoms with Crippen molar-refractivity contribution < 1.29 is 4.79 Å². The summed E-state index contributed by atoms with van der Waals surface area (Å²) < 4.78 is 0. The molecule has 3 nitrogen and oxygen atoms in total. The summed E-state index contributed by atoms with van der Waals surface area (Å²) in [6.07, 6.45) is 2.37. The second-order valence-electron chi connectivity index (χ2n) is 5.48. The smallest absolute Gasteiger partial charge is 0.227 e. The van der Waals surface area contributed by atoms with E-state index in [4.69, 9.17) is 5.73 Å². The standard InChI is InChI=1S/C13H26N2O/c1-9(2)12(8-14)13(16)15-7-5-6-10(3)11(15)4/h9-12H,5-8,14H2,1-4H3. The maximum atomic E-state index is 12.4. The van der Waals surface area contributed by atoms with Crippen LogP contribution in [-0.4, -0.2) is 29.9 Å². The molecule has 16 heavy (non-hydrogen) atoms. The third-order valence-electron chi connectivity index (χ3n) is 4.03. The van der Waals surface area contributed by atoms with Gasteiger partial charge in [0.1, 0.15) is 0 Å². The molecule has 94 valence electrons. The first-order valence-electron chi connectivity index (χ1n) is 6.49. The first-order chi connectivity index (χ1) is 7.49. The fraction of sp³-hybridized carbons (Fsp3) is 0.923. The van der Waals surface area contributed by atoms with Gasteiger partial charge in [-0.2, -0.15) is 0 Å². The van der Waals surface area contributed by atoms with Crippen LogP contribution in [0.4, 0.5) is 0 Å². The topological polar surface area (TPSA) is 46.3 Å². The van der Waals surface area contributed by atoms with Gasteiger partial charge in [-0.25, -0.2) is 0 Å². The normalized spacial score (nSPS) is 28.2. The van der Waals surface area contributed by atoms with Gasteiger partial charge in [0, 0.05) is 19.1 Å². The molecule has 3 atom stereocenters. The summed E-state index contributed by atoms with van der Waals surface area (Å²) >= 11 is 0. The Hall–Kier alpha value is -0.570. The molecule has 1 amide bonds. The maximum absolute atomic E-state index is 12.4. The number of hydrogen-bond acceptors (Lipinski definition) is 2. The van der Waals surface area contributed by atoms with Gasteiger partial charge >= 0.3 is 0 Å². The van der Waals surface area contributed by atoms with E-state index >= 15 is 0 Å². The number of likely N-dealkylation sites (tertiary alicyclic amines) is 1. The predicted octanol–water partition coefficient (Wildman–Crippen LogP) is 1.86. The number of piperidine rings is 1. The van der Waals surface area contributed by atoms with Gasteiger partial charge in [0.25, 0.3) is 0 Å². The van der Waals surface area contributed by atoms with E-state index in [1.165, 1.54) is 6.42 Å². The van der Waals surface area contributed by atoms with E-state index in [-0.39, 0.29) is 11.8 Å². The molecule has 0 aliphatic carbocycles. The third-order valence-corrected chi connectivity index (χ3v) is 4.03. The van der Waals surface area contributed by atoms with Crippen LogP contribution in [0.2, 0.25) is 0 Å². The monoisotopic (exact) mass is 226 g/mol. The van der Waals surface area contributed by atoms with Crippen molar-refractivity contribution >= 4 is 5.91 Å². The van der Waals surface area contributed by atoms with Crippen LogP contribution >= 0.6 is 0 Å². The Kier molecular flexibility index (Phi) is 4.78. The van der Waals surface area contributed by atoms with Gasteiger partial charge in [-0.3, -0.25) is 4.79 Å². The Morgan fingerprint density at radius 2 is 2.06 bits per heavy atom. The molecule has 0 aromatic heterocycles. The highest BCUT2D eigenvalue weighted by atomic mass is 16.2. The summed E-state index contributed by atoms with van der Waals surface area (Å²) in [4.78, 5) is 14.4. The van der Waals surface area contributed by atoms with Gasteiger partial charge in [-0.05, 0) is 31.6 Å². The molecule has 0 spiro atoms. The zero-order valence-electron chi connectivity index (χ0n) is 11.1. The van der Waals surface area contributed by atoms with Crippen molar-refractivity contribution in [3.63, 3.8) is 0 Å². The van der Waals surface area contributed by atoms with Crippen LogP contribution in [0.5, 0.6) is 0 Å². The molecule has 0 radical (unpaired) electrons. The minimum absolute atomic E-state index is 0.00671. The van der Waals surface area contributed by atoms with Crippen molar-refractivity contribution in [1.82, 2.24) is 4.90 Å². The van der Waals surface area contributed by atoms with Gasteiger partial charge in [0.05, 0.1) is 5.92 Å². The maximum Gasteiger partial charge on any atom is 0.227 e. The Labute approximate surface area is 99.4 Å². The van der Waals surface area contributed by atoms with E-state index in [2.05, 4.69) is 27.7 Å². The first-order valence-corrected chi connectivity index (χ1v) is 6.49. The lowest BCUT2D eigenvalue weighted by Crippen LogP contribution is -2.50. The van der Waals surface area contributed by atoms with Crippen LogP contribution < -0.4 is 5.73 Å². The van der Waals surface area contributed by atoms with Crippen LogP contribution in [0.15, 0.2) is 0 Å². The predicted molar refractivity (Wildman–Crippen MR) is 67.0 cm³/mol. The minimum Gasteiger partial charge on any atom is -0.339 e. The highest BCUT2D eigenvalue weighted by molar-refractivity contribution is 5.79. The van der Waals surface area contributed by atoms with Crippen LogP contribution in [0, 0.1) is 17.8 Å². The van der Waals surface area contributed by atoms with Gasteiger partial charge < -0.3 is 10.6 Å². The zero-order valence-corrected chi connectivity index (χ0v) is 11.1. The van der Waals surface area contributed by atoms with E-state index in [9.17, 15) is 4.79 Å². The Morgan fingerprint density at radius 3 is 2.56 bits per heavy atom. The lowest BCUT2D eigenvalue weighted by atomic mass is 9.88. The SMILES string of the molecule is CC(C)C(CN)C(=O)N1CCCC(C)C1C. The zero-order chi connectivity index (χ0) is 12.3. The third kappa shape index (κ3) is 2.76. The highest BCUT2D eigenvalue weighted by Gasteiger charge is 2.32. The van der Waals surface area contributed by atoms with Gasteiger partial charge in [-0.15, -0.1) is 0 Å². The summed E-state index contributed by atoms with van der Waals surface area (Å²) in [5.74, 6) is 1.20. The summed E-state index contributed by atoms with van der Waals surface area (Å²) in [6, 6.07) is 0.369. The quantitative estimate of drug-likeness (QED) is 0.798. The van der Waals surface area contributed by atoms with Crippen molar-refractivity contribution in [2.75, 3.05) is 13.1 Å². The molecule has 1 heterocycles. The van der Waals surface area contributed by atoms with E-state index in [1.54, 1.807) is 0 Å². The molecule has 3 heteroatoms. The molecule has 2 N–H and O–H groups in total. The van der Waals surface area contributed by atoms with E-state index < -0.39 is 0 Å². The molecule has 3 unspecified atom stereocenters. The number of carbonyl (C=O) groups excluding carboxylic acids is 1. The lowest BCUT2D eigenvalue weighted by Gasteiger charge is -2.40. The molecular formula is C13H26N2O. The average molecular weight is 226 g/mol. The summed E-state index contributed by atoms with van der Waals surface area (Å²) in [5, 5.41) is 0. The fourth-order valence-corrected chi connectivity index (χ4v) is 2.52. The van der Waals surface area contributed by atoms with Crippen molar-refractivity contribution in [3.8, 4) is 0 Å². The van der Waals surface area contributed by atoms with Crippen LogP contribution in [-0.2, 0) is 4.79 Å². The summed E-state index contributed by atoms with van der Waals surface area (Å²) in [7, 11) is 0. The Bertz CT molecular complexity index is 240. The summed E-state index contributed by atoms with van der Waals surface area (Å²) in [5.41, 5.74) is 5.71. The molecule has 1 saturated heterocycles. The number of carbonyl (C=O) groups is 1. The highest BCUT2D eigenvalue weighted by Crippen LogP contribution is 2.25. The largest absolute Gasteiger partial charge is 0.339 e. The van der Waals surface area contributed by atoms with E-state index in [0.29, 0.717) is 24.4 Å². The fourth-order valence-electron chi connectivity index (χ4n) is 2.52. The van der Waals surface area contributed by atoms with E-state index in [0.717, 1.165) is 13.0 Å². The molecule has 0 bridgehead atoms. The molecule has 1 fully saturated rings. The van der Waals surface area contributed by atoms with Crippen molar-refractivity contribution in [3.05, 3.63) is 0 Å². The van der Waals surface area contributed by atoms with Gasteiger partial charge in [0.15, 0.2) is 0 Å². The van der Waals surface area contributed by atoms with Gasteiger partial charge in [0.2, 0.25) is 5.91 Å². The minimum atomic E-state index is -0.00671. The lowest BCUT2D eigenvalue weighted by molar-refractivity contribution is -0.141.